The Balaban J connectivity index is 1.40. The van der Waals surface area contributed by atoms with Crippen LogP contribution in [0.2, 0.25) is 0 Å². The second kappa shape index (κ2) is 9.28. The van der Waals surface area contributed by atoms with E-state index < -0.39 is 0 Å². The van der Waals surface area contributed by atoms with Crippen LogP contribution in [0.1, 0.15) is 49.3 Å². The summed E-state index contributed by atoms with van der Waals surface area (Å²) in [6.45, 7) is 13.4. The lowest BCUT2D eigenvalue weighted by molar-refractivity contribution is 0.190. The minimum absolute atomic E-state index is 0.105. The molecule has 2 aromatic carbocycles. The zero-order chi connectivity index (χ0) is 26.6. The molecule has 38 heavy (non-hydrogen) atoms. The third-order valence-electron chi connectivity index (χ3n) is 7.22. The molecule has 3 aromatic heterocycles. The Kier molecular flexibility index (Phi) is 6.03. The summed E-state index contributed by atoms with van der Waals surface area (Å²) < 4.78 is 3.04. The number of hydrogen-bond donors (Lipinski definition) is 1. The van der Waals surface area contributed by atoms with Gasteiger partial charge in [-0.1, -0.05) is 35.1 Å². The van der Waals surface area contributed by atoms with E-state index in [9.17, 15) is 4.79 Å². The summed E-state index contributed by atoms with van der Waals surface area (Å²) in [6.07, 6.45) is 0. The number of H-pyrrole nitrogens is 1. The summed E-state index contributed by atoms with van der Waals surface area (Å²) in [7, 11) is 0. The van der Waals surface area contributed by atoms with Gasteiger partial charge in [0.05, 0.1) is 21.3 Å². The molecule has 6 rings (SSSR count). The number of rotatable bonds is 4. The molecule has 0 unspecified atom stereocenters. The summed E-state index contributed by atoms with van der Waals surface area (Å²) in [6, 6.07) is 14.1. The Bertz CT molecular complexity index is 1650. The number of pyridine rings is 1. The van der Waals surface area contributed by atoms with Crippen molar-refractivity contribution in [2.75, 3.05) is 31.1 Å². The maximum absolute atomic E-state index is 13.6. The molecule has 0 spiro atoms. The Labute approximate surface area is 225 Å². The van der Waals surface area contributed by atoms with Crippen LogP contribution in [0.3, 0.4) is 0 Å². The molecule has 0 bridgehead atoms. The van der Waals surface area contributed by atoms with Gasteiger partial charge >= 0.3 is 0 Å². The molecule has 1 atom stereocenters. The molecule has 1 fully saturated rings. The van der Waals surface area contributed by atoms with Crippen molar-refractivity contribution in [1.29, 1.82) is 0 Å². The van der Waals surface area contributed by atoms with Crippen LogP contribution in [0.5, 0.6) is 0 Å². The maximum atomic E-state index is 13.6. The van der Waals surface area contributed by atoms with Crippen molar-refractivity contribution in [2.45, 2.75) is 46.2 Å². The fourth-order valence-corrected chi connectivity index (χ4v) is 6.43. The van der Waals surface area contributed by atoms with Crippen molar-refractivity contribution >= 4 is 37.6 Å². The van der Waals surface area contributed by atoms with Crippen LogP contribution >= 0.6 is 11.3 Å². The van der Waals surface area contributed by atoms with Gasteiger partial charge in [0.15, 0.2) is 11.0 Å². The number of anilines is 1. The number of nitrogens with zero attached hydrogens (tertiary/aromatic N) is 7. The molecule has 0 amide bonds. The van der Waals surface area contributed by atoms with Crippen LogP contribution < -0.4 is 10.5 Å². The van der Waals surface area contributed by atoms with Crippen molar-refractivity contribution in [3.8, 4) is 0 Å². The molecule has 10 heteroatoms. The Hall–Kier alpha value is -3.63. The molecule has 196 valence electrons. The highest BCUT2D eigenvalue weighted by atomic mass is 32.1. The normalized spacial score (nSPS) is 16.0. The van der Waals surface area contributed by atoms with E-state index in [-0.39, 0.29) is 17.1 Å². The third-order valence-corrected chi connectivity index (χ3v) is 8.32. The number of tetrazole rings is 1. The topological polar surface area (TPSA) is 95.8 Å². The SMILES string of the molecule is Cc1cc(C)c2[nH]c(=O)c([C@H](c3nnnn3C(C)(C)C)N3CCN(c4nc5ccccc5s4)CC3)cc2c1. The van der Waals surface area contributed by atoms with Gasteiger partial charge in [-0.2, -0.15) is 0 Å². The van der Waals surface area contributed by atoms with Gasteiger partial charge in [0.2, 0.25) is 0 Å². The molecule has 5 aromatic rings. The number of para-hydroxylation sites is 1. The van der Waals surface area contributed by atoms with Gasteiger partial charge in [0.25, 0.3) is 5.56 Å². The molecular weight excluding hydrogens is 496 g/mol. The van der Waals surface area contributed by atoms with E-state index in [2.05, 4.69) is 88.3 Å². The van der Waals surface area contributed by atoms with Crippen LogP contribution in [0.4, 0.5) is 5.13 Å². The lowest BCUT2D eigenvalue weighted by Gasteiger charge is -2.39. The van der Waals surface area contributed by atoms with Crippen LogP contribution in [0.25, 0.3) is 21.1 Å². The predicted molar refractivity (Wildman–Crippen MR) is 152 cm³/mol. The fourth-order valence-electron chi connectivity index (χ4n) is 5.42. The van der Waals surface area contributed by atoms with Crippen LogP contribution in [0.15, 0.2) is 47.3 Å². The van der Waals surface area contributed by atoms with Crippen LogP contribution in [-0.4, -0.2) is 61.3 Å². The van der Waals surface area contributed by atoms with Crippen molar-refractivity contribution in [1.82, 2.24) is 35.1 Å². The Morgan fingerprint density at radius 3 is 2.53 bits per heavy atom. The van der Waals surface area contributed by atoms with Gasteiger partial charge in [-0.3, -0.25) is 9.69 Å². The highest BCUT2D eigenvalue weighted by Gasteiger charge is 2.35. The molecule has 1 aliphatic rings. The summed E-state index contributed by atoms with van der Waals surface area (Å²) in [5.74, 6) is 0.681. The molecule has 0 saturated carbocycles. The number of aryl methyl sites for hydroxylation is 2. The van der Waals surface area contributed by atoms with E-state index in [4.69, 9.17) is 4.98 Å². The molecule has 1 aliphatic heterocycles. The van der Waals surface area contributed by atoms with Crippen molar-refractivity contribution in [3.05, 3.63) is 75.3 Å². The molecule has 0 aliphatic carbocycles. The van der Waals surface area contributed by atoms with Gasteiger partial charge in [0, 0.05) is 31.7 Å². The molecular formula is C28H32N8OS. The molecule has 1 N–H and O–H groups in total. The van der Waals surface area contributed by atoms with E-state index in [1.807, 2.05) is 23.7 Å². The second-order valence-electron chi connectivity index (χ2n) is 11.1. The summed E-state index contributed by atoms with van der Waals surface area (Å²) >= 11 is 1.72. The molecule has 0 radical (unpaired) electrons. The predicted octanol–water partition coefficient (Wildman–Crippen LogP) is 4.41. The van der Waals surface area contributed by atoms with E-state index in [0.29, 0.717) is 11.4 Å². The van der Waals surface area contributed by atoms with Crippen molar-refractivity contribution < 1.29 is 0 Å². The van der Waals surface area contributed by atoms with Crippen LogP contribution in [-0.2, 0) is 5.54 Å². The molecule has 4 heterocycles. The molecule has 1 saturated heterocycles. The number of nitrogens with one attached hydrogen (secondary N) is 1. The van der Waals surface area contributed by atoms with E-state index in [1.54, 1.807) is 11.3 Å². The molecule has 9 nitrogen and oxygen atoms in total. The summed E-state index contributed by atoms with van der Waals surface area (Å²) in [5.41, 5.74) is 4.35. The highest BCUT2D eigenvalue weighted by Crippen LogP contribution is 2.33. The average molecular weight is 529 g/mol. The van der Waals surface area contributed by atoms with Gasteiger partial charge in [-0.05, 0) is 80.3 Å². The number of piperazine rings is 1. The van der Waals surface area contributed by atoms with Gasteiger partial charge < -0.3 is 9.88 Å². The van der Waals surface area contributed by atoms with Crippen molar-refractivity contribution in [3.63, 3.8) is 0 Å². The first-order chi connectivity index (χ1) is 18.2. The number of aromatic amines is 1. The van der Waals surface area contributed by atoms with Gasteiger partial charge in [-0.15, -0.1) is 5.10 Å². The number of aromatic nitrogens is 6. The van der Waals surface area contributed by atoms with E-state index in [0.717, 1.165) is 58.9 Å². The number of hydrogen-bond acceptors (Lipinski definition) is 8. The minimum Gasteiger partial charge on any atom is -0.345 e. The number of thiazole rings is 1. The van der Waals surface area contributed by atoms with Gasteiger partial charge in [-0.25, -0.2) is 9.67 Å². The summed E-state index contributed by atoms with van der Waals surface area (Å²) in [4.78, 5) is 26.3. The smallest absolute Gasteiger partial charge is 0.253 e. The minimum atomic E-state index is -0.379. The first kappa shape index (κ1) is 24.7. The van der Waals surface area contributed by atoms with E-state index in [1.165, 1.54) is 4.70 Å². The Morgan fingerprint density at radius 1 is 1.03 bits per heavy atom. The number of fused-ring (bicyclic) bond motifs is 2. The van der Waals surface area contributed by atoms with Gasteiger partial charge in [0.1, 0.15) is 6.04 Å². The monoisotopic (exact) mass is 528 g/mol. The zero-order valence-electron chi connectivity index (χ0n) is 22.4. The van der Waals surface area contributed by atoms with Crippen LogP contribution in [0, 0.1) is 13.8 Å². The average Bonchev–Trinajstić information content (AvgIpc) is 3.53. The Morgan fingerprint density at radius 2 is 1.79 bits per heavy atom. The highest BCUT2D eigenvalue weighted by molar-refractivity contribution is 7.22. The largest absolute Gasteiger partial charge is 0.345 e. The lowest BCUT2D eigenvalue weighted by atomic mass is 9.99. The number of benzene rings is 2. The summed E-state index contributed by atoms with van der Waals surface area (Å²) in [5, 5.41) is 14.9. The standard InChI is InChI=1S/C28H32N8OS/c1-17-14-18(2)23-19(15-17)16-20(26(37)30-23)24(25-31-32-33-36(25)28(3,4)5)34-10-12-35(13-11-34)27-29-21-8-6-7-9-22(21)38-27/h6-9,14-16,24H,10-13H2,1-5H3,(H,30,37)/t24-/m1/s1. The fraction of sp³-hybridized carbons (Fsp3) is 0.393. The first-order valence-corrected chi connectivity index (χ1v) is 13.8. The lowest BCUT2D eigenvalue weighted by Crippen LogP contribution is -2.49. The first-order valence-electron chi connectivity index (χ1n) is 13.0. The third kappa shape index (κ3) is 4.37. The maximum Gasteiger partial charge on any atom is 0.253 e. The zero-order valence-corrected chi connectivity index (χ0v) is 23.2. The van der Waals surface area contributed by atoms with Crippen molar-refractivity contribution in [2.24, 2.45) is 0 Å². The second-order valence-corrected chi connectivity index (χ2v) is 12.1. The van der Waals surface area contributed by atoms with E-state index >= 15 is 0 Å². The quantitative estimate of drug-likeness (QED) is 0.369.